The van der Waals surface area contributed by atoms with E-state index >= 15 is 0 Å². The van der Waals surface area contributed by atoms with Crippen molar-refractivity contribution >= 4 is 44.9 Å². The van der Waals surface area contributed by atoms with Gasteiger partial charge in [0.15, 0.2) is 0 Å². The van der Waals surface area contributed by atoms with Crippen LogP contribution in [0.3, 0.4) is 0 Å². The van der Waals surface area contributed by atoms with Crippen LogP contribution in [0.5, 0.6) is 5.75 Å². The molecule has 0 heterocycles. The molecule has 40 heavy (non-hydrogen) atoms. The van der Waals surface area contributed by atoms with Crippen LogP contribution in [-0.4, -0.2) is 57.5 Å². The second-order valence-corrected chi connectivity index (χ2v) is 18.1. The third kappa shape index (κ3) is 15.0. The van der Waals surface area contributed by atoms with E-state index in [4.69, 9.17) is 9.05 Å². The predicted molar refractivity (Wildman–Crippen MR) is 161 cm³/mol. The summed E-state index contributed by atoms with van der Waals surface area (Å²) in [5, 5.41) is 1.10. The van der Waals surface area contributed by atoms with E-state index in [0.717, 1.165) is 0 Å². The molecular weight excluding hydrogens is 611 g/mol. The first-order chi connectivity index (χ1) is 17.0. The SMILES string of the molecule is C.C.C.COP(=O)(OC)c1ccccc1.COP(OC)OC.C[Si](C)(C)c1ccccc1OS(=O)(=O)C(F)(F)F. The lowest BCUT2D eigenvalue weighted by Gasteiger charge is -2.20. The van der Waals surface area contributed by atoms with Gasteiger partial charge in [-0.1, -0.05) is 78.3 Å². The molecule has 236 valence electrons. The van der Waals surface area contributed by atoms with Crippen LogP contribution in [-0.2, 0) is 37.3 Å². The maximum atomic E-state index is 12.2. The summed E-state index contributed by atoms with van der Waals surface area (Å²) in [4.78, 5) is 0. The minimum absolute atomic E-state index is 0. The van der Waals surface area contributed by atoms with Gasteiger partial charge in [0.2, 0.25) is 0 Å². The Kier molecular flexibility index (Phi) is 23.4. The fourth-order valence-corrected chi connectivity index (χ4v) is 6.02. The maximum absolute atomic E-state index is 12.2. The molecule has 0 unspecified atom stereocenters. The van der Waals surface area contributed by atoms with Crippen LogP contribution in [0.15, 0.2) is 54.6 Å². The molecule has 0 spiro atoms. The Morgan fingerprint density at radius 1 is 0.750 bits per heavy atom. The van der Waals surface area contributed by atoms with Crippen LogP contribution < -0.4 is 14.7 Å². The number of hydrogen-bond donors (Lipinski definition) is 0. The van der Waals surface area contributed by atoms with E-state index in [-0.39, 0.29) is 28.0 Å². The molecule has 0 saturated carbocycles. The molecular formula is C24H45F3O9P2SSi. The average Bonchev–Trinajstić information content (AvgIpc) is 2.85. The van der Waals surface area contributed by atoms with Crippen LogP contribution in [0.25, 0.3) is 0 Å². The normalized spacial score (nSPS) is 11.3. The Morgan fingerprint density at radius 3 is 1.48 bits per heavy atom. The van der Waals surface area contributed by atoms with Crippen molar-refractivity contribution in [2.45, 2.75) is 47.4 Å². The molecule has 0 radical (unpaired) electrons. The first-order valence-electron chi connectivity index (χ1n) is 10.3. The summed E-state index contributed by atoms with van der Waals surface area (Å²) in [6.45, 7) is 5.65. The quantitative estimate of drug-likeness (QED) is 0.119. The van der Waals surface area contributed by atoms with E-state index in [2.05, 4.69) is 17.8 Å². The number of benzene rings is 2. The smallest absolute Gasteiger partial charge is 0.376 e. The first-order valence-corrected chi connectivity index (χ1v) is 17.9. The van der Waals surface area contributed by atoms with Gasteiger partial charge in [-0.25, -0.2) is 0 Å². The Balaban J connectivity index is -0.000000257. The molecule has 0 bridgehead atoms. The number of halogens is 3. The van der Waals surface area contributed by atoms with Crippen LogP contribution in [0.1, 0.15) is 22.3 Å². The molecule has 0 aliphatic rings. The van der Waals surface area contributed by atoms with Gasteiger partial charge in [-0.3, -0.25) is 4.57 Å². The van der Waals surface area contributed by atoms with Gasteiger partial charge in [0.1, 0.15) is 5.75 Å². The van der Waals surface area contributed by atoms with Crippen LogP contribution >= 0.6 is 16.2 Å². The van der Waals surface area contributed by atoms with Gasteiger partial charge in [0.25, 0.3) is 0 Å². The largest absolute Gasteiger partial charge is 0.534 e. The summed E-state index contributed by atoms with van der Waals surface area (Å²) in [5.74, 6) is -0.242. The van der Waals surface area contributed by atoms with E-state index < -0.39 is 39.9 Å². The van der Waals surface area contributed by atoms with E-state index in [1.807, 2.05) is 25.7 Å². The zero-order chi connectivity index (χ0) is 28.9. The molecule has 0 aliphatic heterocycles. The molecule has 0 fully saturated rings. The fraction of sp³-hybridized carbons (Fsp3) is 0.500. The van der Waals surface area contributed by atoms with Gasteiger partial charge in [0, 0.05) is 35.5 Å². The van der Waals surface area contributed by atoms with Gasteiger partial charge >= 0.3 is 31.8 Å². The maximum Gasteiger partial charge on any atom is 0.534 e. The van der Waals surface area contributed by atoms with Crippen molar-refractivity contribution in [3.05, 3.63) is 54.6 Å². The predicted octanol–water partition coefficient (Wildman–Crippen LogP) is 7.32. The fourth-order valence-electron chi connectivity index (χ4n) is 2.44. The summed E-state index contributed by atoms with van der Waals surface area (Å²) in [6.07, 6.45) is 0. The van der Waals surface area contributed by atoms with Crippen molar-refractivity contribution < 1.29 is 53.0 Å². The van der Waals surface area contributed by atoms with Gasteiger partial charge in [-0.15, -0.1) is 0 Å². The Labute approximate surface area is 241 Å². The topological polar surface area (TPSA) is 107 Å². The molecule has 0 saturated heterocycles. The standard InChI is InChI=1S/C10H13F3O3SSi.C8H11O3P.C3H9O3P.3CH4/c1-18(2,3)9-7-5-4-6-8(9)16-17(14,15)10(11,12)13;1-10-12(9,11-2)8-6-4-3-5-7-8;1-4-7(5-2)6-3;;;/h4-7H,1-3H3;3-7H,1-2H3;1-3H3;3*1H4. The van der Waals surface area contributed by atoms with Gasteiger partial charge in [-0.2, -0.15) is 21.6 Å². The summed E-state index contributed by atoms with van der Waals surface area (Å²) in [5.41, 5.74) is -5.42. The summed E-state index contributed by atoms with van der Waals surface area (Å²) < 4.78 is 98.2. The summed E-state index contributed by atoms with van der Waals surface area (Å²) in [7, 11) is -4.33. The van der Waals surface area contributed by atoms with Crippen LogP contribution in [0.2, 0.25) is 19.6 Å². The summed E-state index contributed by atoms with van der Waals surface area (Å²) >= 11 is 0. The minimum atomic E-state index is -5.61. The zero-order valence-electron chi connectivity index (χ0n) is 21.8. The van der Waals surface area contributed by atoms with Gasteiger partial charge in [-0.05, 0) is 23.4 Å². The van der Waals surface area contributed by atoms with Crippen molar-refractivity contribution in [2.75, 3.05) is 35.5 Å². The molecule has 0 atom stereocenters. The highest BCUT2D eigenvalue weighted by Crippen LogP contribution is 2.44. The molecule has 0 N–H and O–H groups in total. The number of rotatable bonds is 9. The number of para-hydroxylation sites is 1. The van der Waals surface area contributed by atoms with Crippen molar-refractivity contribution in [3.8, 4) is 5.75 Å². The number of alkyl halides is 3. The molecule has 0 aromatic heterocycles. The van der Waals surface area contributed by atoms with Crippen molar-refractivity contribution in [1.82, 2.24) is 0 Å². The van der Waals surface area contributed by atoms with E-state index in [1.165, 1.54) is 26.4 Å². The second-order valence-electron chi connectivity index (χ2n) is 7.70. The van der Waals surface area contributed by atoms with E-state index in [1.54, 1.807) is 57.7 Å². The summed E-state index contributed by atoms with van der Waals surface area (Å²) in [6, 6.07) is 14.8. The lowest BCUT2D eigenvalue weighted by Crippen LogP contribution is -2.40. The molecule has 0 amide bonds. The van der Waals surface area contributed by atoms with E-state index in [9.17, 15) is 26.2 Å². The third-order valence-corrected chi connectivity index (χ3v) is 9.96. The Bertz CT molecular complexity index is 1070. The van der Waals surface area contributed by atoms with Gasteiger partial charge < -0.3 is 26.8 Å². The van der Waals surface area contributed by atoms with Crippen molar-refractivity contribution in [2.24, 2.45) is 0 Å². The first kappa shape index (κ1) is 45.6. The molecule has 16 heteroatoms. The molecule has 9 nitrogen and oxygen atoms in total. The second kappa shape index (κ2) is 20.5. The van der Waals surface area contributed by atoms with Crippen molar-refractivity contribution in [3.63, 3.8) is 0 Å². The van der Waals surface area contributed by atoms with Crippen molar-refractivity contribution in [1.29, 1.82) is 0 Å². The Hall–Kier alpha value is -1.34. The molecule has 2 aromatic carbocycles. The average molecular weight is 657 g/mol. The van der Waals surface area contributed by atoms with Crippen LogP contribution in [0, 0.1) is 0 Å². The Morgan fingerprint density at radius 2 is 1.15 bits per heavy atom. The lowest BCUT2D eigenvalue weighted by molar-refractivity contribution is -0.0499. The monoisotopic (exact) mass is 656 g/mol. The third-order valence-electron chi connectivity index (χ3n) is 4.18. The molecule has 2 rings (SSSR count). The van der Waals surface area contributed by atoms with E-state index in [0.29, 0.717) is 10.5 Å². The van der Waals surface area contributed by atoms with Crippen LogP contribution in [0.4, 0.5) is 13.2 Å². The highest BCUT2D eigenvalue weighted by atomic mass is 32.2. The highest BCUT2D eigenvalue weighted by Gasteiger charge is 2.49. The zero-order valence-corrected chi connectivity index (χ0v) is 25.4. The molecule has 2 aromatic rings. The number of hydrogen-bond acceptors (Lipinski definition) is 9. The highest BCUT2D eigenvalue weighted by molar-refractivity contribution is 7.88. The minimum Gasteiger partial charge on any atom is -0.376 e. The molecule has 0 aliphatic carbocycles. The van der Waals surface area contributed by atoms with Gasteiger partial charge in [0.05, 0.1) is 13.4 Å². The lowest BCUT2D eigenvalue weighted by atomic mass is 10.3.